The van der Waals surface area contributed by atoms with Gasteiger partial charge in [0.2, 0.25) is 0 Å². The van der Waals surface area contributed by atoms with E-state index in [4.69, 9.17) is 0 Å². The second kappa shape index (κ2) is 12.6. The molecule has 2 saturated heterocycles. The maximum Gasteiger partial charge on any atom is 0.511 e. The van der Waals surface area contributed by atoms with Crippen LogP contribution in [0.4, 0.5) is 13.2 Å². The number of nitrogens with zero attached hydrogens (tertiary/aromatic N) is 3. The van der Waals surface area contributed by atoms with Gasteiger partial charge in [-0.15, -0.1) is 24.0 Å². The Morgan fingerprint density at radius 3 is 2.37 bits per heavy atom. The summed E-state index contributed by atoms with van der Waals surface area (Å²) >= 11 is 0. The maximum absolute atomic E-state index is 12.6. The summed E-state index contributed by atoms with van der Waals surface area (Å²) in [5.74, 6) is 1.55. The average Bonchev–Trinajstić information content (AvgIpc) is 2.67. The molecule has 1 atom stereocenters. The average molecular weight is 569 g/mol. The summed E-state index contributed by atoms with van der Waals surface area (Å²) in [5.41, 5.74) is -5.23. The summed E-state index contributed by atoms with van der Waals surface area (Å²) in [5, 5.41) is 6.47. The Morgan fingerprint density at radius 1 is 1.13 bits per heavy atom. The molecule has 30 heavy (non-hydrogen) atoms. The van der Waals surface area contributed by atoms with Crippen molar-refractivity contribution < 1.29 is 21.6 Å². The zero-order valence-electron chi connectivity index (χ0n) is 17.7. The second-order valence-electron chi connectivity index (χ2n) is 8.07. The van der Waals surface area contributed by atoms with Crippen molar-refractivity contribution in [1.82, 2.24) is 19.8 Å². The molecule has 2 rings (SSSR count). The summed E-state index contributed by atoms with van der Waals surface area (Å²) in [6.07, 6.45) is 4.38. The molecule has 2 fully saturated rings. The topological polar surface area (TPSA) is 77.0 Å². The van der Waals surface area contributed by atoms with Crippen LogP contribution in [-0.2, 0) is 10.0 Å². The van der Waals surface area contributed by atoms with Crippen LogP contribution in [0.5, 0.6) is 0 Å². The fraction of sp³-hybridized carbons (Fsp3) is 0.944. The van der Waals surface area contributed by atoms with Crippen LogP contribution < -0.4 is 10.6 Å². The predicted molar refractivity (Wildman–Crippen MR) is 124 cm³/mol. The van der Waals surface area contributed by atoms with Crippen LogP contribution in [0.25, 0.3) is 0 Å². The summed E-state index contributed by atoms with van der Waals surface area (Å²) in [6, 6.07) is 0. The van der Waals surface area contributed by atoms with E-state index in [1.165, 1.54) is 19.4 Å². The minimum Gasteiger partial charge on any atom is -0.356 e. The Kier molecular flexibility index (Phi) is 11.7. The smallest absolute Gasteiger partial charge is 0.356 e. The highest BCUT2D eigenvalue weighted by Gasteiger charge is 2.50. The van der Waals surface area contributed by atoms with Gasteiger partial charge in [0.05, 0.1) is 0 Å². The third-order valence-electron chi connectivity index (χ3n) is 5.67. The Hall–Kier alpha value is -0.340. The molecule has 0 aromatic rings. The van der Waals surface area contributed by atoms with Gasteiger partial charge in [-0.2, -0.15) is 17.5 Å². The molecule has 12 heteroatoms. The molecule has 0 aliphatic carbocycles. The van der Waals surface area contributed by atoms with E-state index >= 15 is 0 Å². The summed E-state index contributed by atoms with van der Waals surface area (Å²) in [6.45, 7) is 6.83. The Morgan fingerprint density at radius 2 is 1.80 bits per heavy atom. The number of sulfonamides is 1. The third-order valence-corrected chi connectivity index (χ3v) is 7.30. The monoisotopic (exact) mass is 569 g/mol. The highest BCUT2D eigenvalue weighted by atomic mass is 127. The Labute approximate surface area is 195 Å². The zero-order valence-corrected chi connectivity index (χ0v) is 20.9. The second-order valence-corrected chi connectivity index (χ2v) is 10.0. The first-order valence-corrected chi connectivity index (χ1v) is 11.8. The summed E-state index contributed by atoms with van der Waals surface area (Å²) in [4.78, 5) is 6.68. The van der Waals surface area contributed by atoms with Gasteiger partial charge in [-0.1, -0.05) is 6.92 Å². The minimum absolute atomic E-state index is 0. The largest absolute Gasteiger partial charge is 0.511 e. The number of guanidine groups is 1. The van der Waals surface area contributed by atoms with E-state index in [9.17, 15) is 21.6 Å². The van der Waals surface area contributed by atoms with Crippen LogP contribution in [-0.4, -0.2) is 82.0 Å². The van der Waals surface area contributed by atoms with Crippen molar-refractivity contribution in [1.29, 1.82) is 0 Å². The quantitative estimate of drug-likeness (QED) is 0.213. The van der Waals surface area contributed by atoms with Crippen molar-refractivity contribution in [3.8, 4) is 0 Å². The van der Waals surface area contributed by atoms with E-state index in [1.54, 1.807) is 7.05 Å². The molecule has 0 aromatic heterocycles. The highest BCUT2D eigenvalue weighted by Crippen LogP contribution is 2.30. The molecule has 178 valence electrons. The van der Waals surface area contributed by atoms with E-state index in [-0.39, 0.29) is 43.0 Å². The highest BCUT2D eigenvalue weighted by molar-refractivity contribution is 14.0. The fourth-order valence-corrected chi connectivity index (χ4v) is 4.95. The molecule has 0 aromatic carbocycles. The normalized spacial score (nSPS) is 23.1. The first kappa shape index (κ1) is 27.7. The van der Waals surface area contributed by atoms with Crippen LogP contribution in [0.3, 0.4) is 0 Å². The number of likely N-dealkylation sites (tertiary alicyclic amines) is 1. The first-order valence-electron chi connectivity index (χ1n) is 10.4. The van der Waals surface area contributed by atoms with Crippen LogP contribution >= 0.6 is 24.0 Å². The summed E-state index contributed by atoms with van der Waals surface area (Å²) < 4.78 is 61.3. The van der Waals surface area contributed by atoms with Crippen LogP contribution in [0.2, 0.25) is 0 Å². The number of halogens is 4. The number of aliphatic imine (C=N–C) groups is 1. The first-order chi connectivity index (χ1) is 13.6. The Balaban J connectivity index is 0.00000450. The maximum atomic E-state index is 12.6. The van der Waals surface area contributed by atoms with Crippen molar-refractivity contribution in [2.45, 2.75) is 44.5 Å². The van der Waals surface area contributed by atoms with E-state index in [0.29, 0.717) is 29.7 Å². The minimum atomic E-state index is -5.23. The molecule has 0 spiro atoms. The van der Waals surface area contributed by atoms with Crippen LogP contribution in [0, 0.1) is 11.8 Å². The van der Waals surface area contributed by atoms with Crippen molar-refractivity contribution in [3.63, 3.8) is 0 Å². The number of piperidine rings is 2. The number of hydrogen-bond acceptors (Lipinski definition) is 4. The molecule has 2 heterocycles. The van der Waals surface area contributed by atoms with E-state index in [0.717, 1.165) is 32.0 Å². The van der Waals surface area contributed by atoms with Crippen molar-refractivity contribution in [2.75, 3.05) is 52.9 Å². The van der Waals surface area contributed by atoms with Gasteiger partial charge < -0.3 is 15.5 Å². The van der Waals surface area contributed by atoms with Crippen molar-refractivity contribution in [3.05, 3.63) is 0 Å². The van der Waals surface area contributed by atoms with E-state index < -0.39 is 15.5 Å². The Bertz CT molecular complexity index is 640. The van der Waals surface area contributed by atoms with Crippen LogP contribution in [0.15, 0.2) is 4.99 Å². The molecule has 0 saturated carbocycles. The van der Waals surface area contributed by atoms with Crippen molar-refractivity contribution in [2.24, 2.45) is 16.8 Å². The number of alkyl halides is 3. The standard InChI is InChI=1S/C18H34F3N5O2S.HI/c1-15-5-3-9-25(14-15)10-4-8-23-17(22-2)24-13-16-6-11-26(12-7-16)29(27,28)18(19,20)21;/h15-16H,3-14H2,1-2H3,(H2,22,23,24);1H. The predicted octanol–water partition coefficient (Wildman–Crippen LogP) is 2.45. The lowest BCUT2D eigenvalue weighted by Gasteiger charge is -2.32. The molecule has 0 bridgehead atoms. The summed E-state index contributed by atoms with van der Waals surface area (Å²) in [7, 11) is -3.53. The molecule has 0 amide bonds. The van der Waals surface area contributed by atoms with Gasteiger partial charge in [-0.05, 0) is 57.0 Å². The van der Waals surface area contributed by atoms with Crippen LogP contribution in [0.1, 0.15) is 39.0 Å². The molecular formula is C18H35F3IN5O2S. The number of rotatable bonds is 7. The molecule has 2 aliphatic rings. The lowest BCUT2D eigenvalue weighted by atomic mass is 9.98. The molecule has 7 nitrogen and oxygen atoms in total. The number of nitrogens with one attached hydrogen (secondary N) is 2. The van der Waals surface area contributed by atoms with Crippen molar-refractivity contribution >= 4 is 40.0 Å². The SMILES string of the molecule is CN=C(NCCCN1CCCC(C)C1)NCC1CCN(S(=O)(=O)C(F)(F)F)CC1.I. The molecule has 1 unspecified atom stereocenters. The lowest BCUT2D eigenvalue weighted by molar-refractivity contribution is -0.0496. The van der Waals surface area contributed by atoms with Gasteiger partial charge in [0, 0.05) is 39.8 Å². The van der Waals surface area contributed by atoms with Gasteiger partial charge in [-0.3, -0.25) is 4.99 Å². The van der Waals surface area contributed by atoms with Gasteiger partial charge in [0.1, 0.15) is 0 Å². The zero-order chi connectivity index (χ0) is 21.5. The van der Waals surface area contributed by atoms with Gasteiger partial charge in [0.15, 0.2) is 5.96 Å². The fourth-order valence-electron chi connectivity index (χ4n) is 3.96. The molecule has 2 aliphatic heterocycles. The van der Waals surface area contributed by atoms with E-state index in [1.807, 2.05) is 0 Å². The number of hydrogen-bond donors (Lipinski definition) is 2. The third kappa shape index (κ3) is 8.30. The van der Waals surface area contributed by atoms with Gasteiger partial charge in [0.25, 0.3) is 0 Å². The van der Waals surface area contributed by atoms with Gasteiger partial charge in [-0.25, -0.2) is 8.42 Å². The van der Waals surface area contributed by atoms with E-state index in [2.05, 4.69) is 27.4 Å². The van der Waals surface area contributed by atoms with Gasteiger partial charge >= 0.3 is 15.5 Å². The lowest BCUT2D eigenvalue weighted by Crippen LogP contribution is -2.47. The molecular weight excluding hydrogens is 534 g/mol. The molecule has 2 N–H and O–H groups in total. The molecule has 0 radical (unpaired) electrons.